The number of halogens is 2. The Balaban J connectivity index is 1.36. The number of nitrogens with one attached hydrogen (secondary N) is 2. The van der Waals surface area contributed by atoms with Gasteiger partial charge in [-0.2, -0.15) is 0 Å². The molecule has 0 atom stereocenters. The second kappa shape index (κ2) is 10.4. The second-order valence-corrected chi connectivity index (χ2v) is 9.01. The van der Waals surface area contributed by atoms with Crippen molar-refractivity contribution in [2.45, 2.75) is 22.9 Å². The van der Waals surface area contributed by atoms with Crippen molar-refractivity contribution in [3.05, 3.63) is 57.8 Å². The van der Waals surface area contributed by atoms with Gasteiger partial charge in [-0.05, 0) is 30.0 Å². The average molecular weight is 455 g/mol. The molecule has 0 aliphatic carbocycles. The number of anilines is 1. The van der Waals surface area contributed by atoms with Crippen molar-refractivity contribution in [3.8, 4) is 0 Å². The van der Waals surface area contributed by atoms with Crippen molar-refractivity contribution >= 4 is 51.4 Å². The summed E-state index contributed by atoms with van der Waals surface area (Å²) in [4.78, 5) is 25.1. The van der Waals surface area contributed by atoms with Crippen LogP contribution >= 0.6 is 34.4 Å². The van der Waals surface area contributed by atoms with Gasteiger partial charge in [-0.25, -0.2) is 8.78 Å². The van der Waals surface area contributed by atoms with E-state index < -0.39 is 17.5 Å². The molecule has 11 heteroatoms. The van der Waals surface area contributed by atoms with E-state index in [1.165, 1.54) is 16.2 Å². The van der Waals surface area contributed by atoms with Gasteiger partial charge in [0.15, 0.2) is 4.34 Å². The Labute approximate surface area is 177 Å². The number of benzene rings is 1. The van der Waals surface area contributed by atoms with Crippen molar-refractivity contribution < 1.29 is 18.4 Å². The van der Waals surface area contributed by atoms with Crippen LogP contribution in [0.3, 0.4) is 0 Å². The van der Waals surface area contributed by atoms with E-state index in [4.69, 9.17) is 0 Å². The van der Waals surface area contributed by atoms with E-state index in [0.717, 1.165) is 22.2 Å². The average Bonchev–Trinajstić information content (AvgIpc) is 3.35. The molecule has 0 bridgehead atoms. The van der Waals surface area contributed by atoms with Gasteiger partial charge in [0.25, 0.3) is 5.91 Å². The molecule has 2 amide bonds. The summed E-state index contributed by atoms with van der Waals surface area (Å²) < 4.78 is 27.2. The molecule has 29 heavy (non-hydrogen) atoms. The number of aromatic nitrogens is 2. The van der Waals surface area contributed by atoms with Gasteiger partial charge in [0.1, 0.15) is 11.6 Å². The molecule has 0 aliphatic rings. The van der Waals surface area contributed by atoms with E-state index in [1.807, 2.05) is 17.5 Å². The van der Waals surface area contributed by atoms with Crippen LogP contribution in [0.2, 0.25) is 0 Å². The third-order valence-electron chi connectivity index (χ3n) is 3.61. The molecule has 0 fully saturated rings. The minimum absolute atomic E-state index is 0.156. The number of rotatable bonds is 9. The second-order valence-electron chi connectivity index (χ2n) is 5.77. The highest BCUT2D eigenvalue weighted by molar-refractivity contribution is 8.00. The Bertz CT molecular complexity index is 979. The third kappa shape index (κ3) is 6.58. The van der Waals surface area contributed by atoms with Crippen molar-refractivity contribution in [1.82, 2.24) is 15.5 Å². The number of amides is 2. The fourth-order valence-corrected chi connectivity index (χ4v) is 4.79. The number of thiophene rings is 1. The molecule has 3 aromatic rings. The van der Waals surface area contributed by atoms with E-state index >= 15 is 0 Å². The van der Waals surface area contributed by atoms with Crippen LogP contribution in [0.25, 0.3) is 0 Å². The fourth-order valence-electron chi connectivity index (χ4n) is 2.25. The Morgan fingerprint density at radius 2 is 2.03 bits per heavy atom. The smallest absolute Gasteiger partial charge is 0.254 e. The van der Waals surface area contributed by atoms with Gasteiger partial charge in [-0.1, -0.05) is 29.2 Å². The Morgan fingerprint density at radius 3 is 2.79 bits per heavy atom. The molecule has 2 N–H and O–H groups in total. The number of nitrogens with zero attached hydrogens (tertiary/aromatic N) is 2. The summed E-state index contributed by atoms with van der Waals surface area (Å²) in [6.07, 6.45) is 0.516. The van der Waals surface area contributed by atoms with E-state index in [0.29, 0.717) is 17.6 Å². The highest BCUT2D eigenvalue weighted by Crippen LogP contribution is 2.29. The van der Waals surface area contributed by atoms with E-state index in [2.05, 4.69) is 20.8 Å². The van der Waals surface area contributed by atoms with Crippen LogP contribution in [0.4, 0.5) is 13.9 Å². The molecule has 6 nitrogen and oxygen atoms in total. The zero-order valence-corrected chi connectivity index (χ0v) is 17.4. The van der Waals surface area contributed by atoms with Crippen LogP contribution in [-0.2, 0) is 10.5 Å². The summed E-state index contributed by atoms with van der Waals surface area (Å²) in [5.74, 6) is -1.78. The predicted octanol–water partition coefficient (Wildman–Crippen LogP) is 4.32. The van der Waals surface area contributed by atoms with Crippen molar-refractivity contribution in [3.63, 3.8) is 0 Å². The number of hydrogen-bond donors (Lipinski definition) is 2. The third-order valence-corrected chi connectivity index (χ3v) is 6.69. The van der Waals surface area contributed by atoms with E-state index in [-0.39, 0.29) is 24.4 Å². The van der Waals surface area contributed by atoms with Gasteiger partial charge >= 0.3 is 0 Å². The number of hydrogen-bond acceptors (Lipinski definition) is 7. The SMILES string of the molecule is O=C(CCCNC(=O)c1ccc(F)cc1F)Nc1nnc(SCc2cccs2)s1. The summed E-state index contributed by atoms with van der Waals surface area (Å²) in [7, 11) is 0. The van der Waals surface area contributed by atoms with Crippen LogP contribution in [0, 0.1) is 11.6 Å². The number of carbonyl (C=O) groups excluding carboxylic acids is 2. The summed E-state index contributed by atoms with van der Waals surface area (Å²) in [6.45, 7) is 0.182. The topological polar surface area (TPSA) is 84.0 Å². The lowest BCUT2D eigenvalue weighted by atomic mass is 10.2. The molecule has 3 rings (SSSR count). The predicted molar refractivity (Wildman–Crippen MR) is 110 cm³/mol. The van der Waals surface area contributed by atoms with Crippen molar-refractivity contribution in [1.29, 1.82) is 0 Å². The molecular weight excluding hydrogens is 438 g/mol. The quantitative estimate of drug-likeness (QED) is 0.286. The first-order valence-electron chi connectivity index (χ1n) is 8.53. The summed E-state index contributed by atoms with van der Waals surface area (Å²) >= 11 is 4.52. The van der Waals surface area contributed by atoms with Gasteiger partial charge < -0.3 is 10.6 Å². The van der Waals surface area contributed by atoms with Gasteiger partial charge in [0, 0.05) is 29.7 Å². The molecule has 0 saturated heterocycles. The lowest BCUT2D eigenvalue weighted by molar-refractivity contribution is -0.116. The summed E-state index contributed by atoms with van der Waals surface area (Å²) in [6, 6.07) is 6.78. The normalized spacial score (nSPS) is 10.7. The van der Waals surface area contributed by atoms with Crippen LogP contribution in [0.15, 0.2) is 40.1 Å². The maximum Gasteiger partial charge on any atom is 0.254 e. The molecule has 0 saturated carbocycles. The van der Waals surface area contributed by atoms with Crippen LogP contribution in [0.1, 0.15) is 28.1 Å². The minimum atomic E-state index is -0.927. The van der Waals surface area contributed by atoms with Crippen LogP contribution in [0.5, 0.6) is 0 Å². The van der Waals surface area contributed by atoms with Crippen molar-refractivity contribution in [2.24, 2.45) is 0 Å². The van der Waals surface area contributed by atoms with Crippen molar-refractivity contribution in [2.75, 3.05) is 11.9 Å². The van der Waals surface area contributed by atoms with Gasteiger partial charge in [-0.15, -0.1) is 21.5 Å². The maximum absolute atomic E-state index is 13.5. The lowest BCUT2D eigenvalue weighted by Gasteiger charge is -2.06. The van der Waals surface area contributed by atoms with Crippen LogP contribution in [-0.4, -0.2) is 28.6 Å². The first-order chi connectivity index (χ1) is 14.0. The first-order valence-corrected chi connectivity index (χ1v) is 11.2. The molecule has 2 aromatic heterocycles. The van der Waals surface area contributed by atoms with E-state index in [1.54, 1.807) is 23.1 Å². The Hall–Kier alpha value is -2.37. The van der Waals surface area contributed by atoms with Gasteiger partial charge in [0.05, 0.1) is 5.56 Å². The molecule has 152 valence electrons. The molecule has 1 aromatic carbocycles. The highest BCUT2D eigenvalue weighted by Gasteiger charge is 2.13. The minimum Gasteiger partial charge on any atom is -0.352 e. The Morgan fingerprint density at radius 1 is 1.17 bits per heavy atom. The lowest BCUT2D eigenvalue weighted by Crippen LogP contribution is -2.26. The molecule has 0 aliphatic heterocycles. The summed E-state index contributed by atoms with van der Waals surface area (Å²) in [5.41, 5.74) is -0.239. The first kappa shape index (κ1) is 21.3. The molecule has 0 unspecified atom stereocenters. The van der Waals surface area contributed by atoms with E-state index in [9.17, 15) is 18.4 Å². The summed E-state index contributed by atoms with van der Waals surface area (Å²) in [5, 5.41) is 15.6. The standard InChI is InChI=1S/C18H16F2N4O2S3/c19-11-5-6-13(14(20)9-11)16(26)21-7-1-4-15(25)22-17-23-24-18(29-17)28-10-12-3-2-8-27-12/h2-3,5-6,8-9H,1,4,7,10H2,(H,21,26)(H,22,23,25). The number of carbonyl (C=O) groups is 2. The molecule has 2 heterocycles. The monoisotopic (exact) mass is 454 g/mol. The molecule has 0 radical (unpaired) electrons. The zero-order chi connectivity index (χ0) is 20.6. The Kier molecular flexibility index (Phi) is 7.67. The van der Waals surface area contributed by atoms with Crippen LogP contribution < -0.4 is 10.6 Å². The molecular formula is C18H16F2N4O2S3. The molecule has 0 spiro atoms. The van der Waals surface area contributed by atoms with Gasteiger partial charge in [0.2, 0.25) is 11.0 Å². The largest absolute Gasteiger partial charge is 0.352 e. The number of thioether (sulfide) groups is 1. The zero-order valence-electron chi connectivity index (χ0n) is 15.0. The fraction of sp³-hybridized carbons (Fsp3) is 0.222. The highest BCUT2D eigenvalue weighted by atomic mass is 32.2. The maximum atomic E-state index is 13.5. The van der Waals surface area contributed by atoms with Gasteiger partial charge in [-0.3, -0.25) is 9.59 Å².